The van der Waals surface area contributed by atoms with Gasteiger partial charge in [-0.1, -0.05) is 22.6 Å². The van der Waals surface area contributed by atoms with Gasteiger partial charge in [-0.05, 0) is 44.4 Å². The number of carboxylic acids is 1. The van der Waals surface area contributed by atoms with Gasteiger partial charge in [-0.15, -0.1) is 11.3 Å². The van der Waals surface area contributed by atoms with Gasteiger partial charge in [0.25, 0.3) is 0 Å². The van der Waals surface area contributed by atoms with Crippen molar-refractivity contribution >= 4 is 68.6 Å². The van der Waals surface area contributed by atoms with Crippen molar-refractivity contribution in [3.05, 3.63) is 23.5 Å². The molecule has 0 saturated carbocycles. The van der Waals surface area contributed by atoms with E-state index in [1.165, 1.54) is 0 Å². The van der Waals surface area contributed by atoms with E-state index in [0.29, 0.717) is 0 Å². The van der Waals surface area contributed by atoms with Crippen LogP contribution in [0, 0.1) is 2.88 Å². The van der Waals surface area contributed by atoms with Crippen LogP contribution in [0.25, 0.3) is 6.08 Å². The highest BCUT2D eigenvalue weighted by Crippen LogP contribution is 2.26. The molecule has 0 aliphatic rings. The van der Waals surface area contributed by atoms with Crippen LogP contribution in [0.5, 0.6) is 0 Å². The van der Waals surface area contributed by atoms with Crippen LogP contribution in [0.3, 0.4) is 0 Å². The van der Waals surface area contributed by atoms with E-state index in [0.717, 1.165) is 13.3 Å². The van der Waals surface area contributed by atoms with Crippen LogP contribution < -0.4 is 0 Å². The third-order valence-electron chi connectivity index (χ3n) is 1.35. The predicted octanol–water partition coefficient (Wildman–Crippen LogP) is 3.39. The second-order valence-electron chi connectivity index (χ2n) is 2.31. The zero-order valence-corrected chi connectivity index (χ0v) is 11.6. The van der Waals surface area contributed by atoms with E-state index < -0.39 is 5.97 Å². The zero-order valence-electron chi connectivity index (χ0n) is 6.46. The summed E-state index contributed by atoms with van der Waals surface area (Å²) in [6.07, 6.45) is 2.09. The van der Waals surface area contributed by atoms with E-state index in [-0.39, 0.29) is 6.42 Å². The molecule has 0 saturated heterocycles. The van der Waals surface area contributed by atoms with Crippen molar-refractivity contribution in [2.45, 2.75) is 6.42 Å². The lowest BCUT2D eigenvalue weighted by Gasteiger charge is -1.90. The lowest BCUT2D eigenvalue weighted by molar-refractivity contribution is -0.136. The van der Waals surface area contributed by atoms with Crippen molar-refractivity contribution in [3.63, 3.8) is 0 Å². The van der Waals surface area contributed by atoms with E-state index in [9.17, 15) is 4.79 Å². The van der Waals surface area contributed by atoms with Gasteiger partial charge in [-0.3, -0.25) is 4.79 Å². The minimum atomic E-state index is -0.777. The Morgan fingerprint density at radius 3 is 2.92 bits per heavy atom. The van der Waals surface area contributed by atoms with Crippen molar-refractivity contribution in [1.82, 2.24) is 0 Å². The van der Waals surface area contributed by atoms with E-state index >= 15 is 0 Å². The number of aliphatic carboxylic acids is 1. The van der Waals surface area contributed by atoms with Crippen LogP contribution in [0.4, 0.5) is 0 Å². The van der Waals surface area contributed by atoms with E-state index in [4.69, 9.17) is 5.11 Å². The van der Waals surface area contributed by atoms with Crippen molar-refractivity contribution in [2.75, 3.05) is 0 Å². The first-order valence-electron chi connectivity index (χ1n) is 3.40. The molecule has 2 nitrogen and oxygen atoms in total. The molecule has 5 heteroatoms. The molecule has 0 aromatic carbocycles. The monoisotopic (exact) mass is 420 g/mol. The second-order valence-corrected chi connectivity index (χ2v) is 5.92. The zero-order chi connectivity index (χ0) is 9.84. The molecule has 0 amide bonds. The van der Waals surface area contributed by atoms with Crippen LogP contribution in [-0.4, -0.2) is 11.1 Å². The summed E-state index contributed by atoms with van der Waals surface area (Å²) >= 11 is 5.93. The quantitative estimate of drug-likeness (QED) is 0.762. The molecule has 0 aliphatic heterocycles. The van der Waals surface area contributed by atoms with Crippen molar-refractivity contribution in [2.24, 2.45) is 0 Å². The summed E-state index contributed by atoms with van der Waals surface area (Å²) in [5.41, 5.74) is 0.905. The Kier molecular flexibility index (Phi) is 4.67. The molecular weight excluding hydrogens is 414 g/mol. The van der Waals surface area contributed by atoms with Crippen LogP contribution in [0.15, 0.2) is 10.1 Å². The van der Waals surface area contributed by atoms with Gasteiger partial charge in [0.2, 0.25) is 0 Å². The van der Waals surface area contributed by atoms with Crippen molar-refractivity contribution in [1.29, 1.82) is 0 Å². The number of rotatable bonds is 3. The molecule has 0 radical (unpaired) electrons. The first-order valence-corrected chi connectivity index (χ1v) is 6.54. The van der Waals surface area contributed by atoms with Crippen LogP contribution in [-0.2, 0) is 11.2 Å². The second kappa shape index (κ2) is 5.30. The summed E-state index contributed by atoms with van der Waals surface area (Å²) in [6.45, 7) is 0. The number of hydrogen-bond acceptors (Lipinski definition) is 2. The number of halogens is 2. The summed E-state index contributed by atoms with van der Waals surface area (Å²) in [6, 6.07) is 1.93. The minimum Gasteiger partial charge on any atom is -0.481 e. The van der Waals surface area contributed by atoms with Crippen LogP contribution in [0.1, 0.15) is 10.4 Å². The average Bonchev–Trinajstić information content (AvgIpc) is 2.31. The molecule has 0 fully saturated rings. The molecule has 1 aromatic rings. The fourth-order valence-corrected chi connectivity index (χ4v) is 3.40. The van der Waals surface area contributed by atoms with Gasteiger partial charge in [0.05, 0.1) is 9.30 Å². The smallest absolute Gasteiger partial charge is 0.307 e. The van der Waals surface area contributed by atoms with E-state index in [1.54, 1.807) is 11.3 Å². The Morgan fingerprint density at radius 1 is 1.69 bits per heavy atom. The summed E-state index contributed by atoms with van der Waals surface area (Å²) in [5, 5.41) is 8.61. The molecule has 0 bridgehead atoms. The van der Waals surface area contributed by atoms with Crippen LogP contribution >= 0.6 is 56.5 Å². The number of carbonyl (C=O) groups is 1. The van der Waals surface area contributed by atoms with Crippen molar-refractivity contribution < 1.29 is 9.90 Å². The normalized spacial score (nSPS) is 10.9. The maximum Gasteiger partial charge on any atom is 0.307 e. The molecule has 0 aliphatic carbocycles. The third-order valence-corrected chi connectivity index (χ3v) is 3.99. The Bertz CT molecular complexity index is 344. The molecule has 1 rings (SSSR count). The molecule has 13 heavy (non-hydrogen) atoms. The van der Waals surface area contributed by atoms with E-state index in [1.807, 2.05) is 16.2 Å². The fraction of sp³-hybridized carbons (Fsp3) is 0.125. The molecule has 1 aromatic heterocycles. The fourth-order valence-electron chi connectivity index (χ4n) is 0.855. The summed E-state index contributed by atoms with van der Waals surface area (Å²) in [7, 11) is 0. The predicted molar refractivity (Wildman–Crippen MR) is 71.4 cm³/mol. The first kappa shape index (κ1) is 11.4. The lowest BCUT2D eigenvalue weighted by Crippen LogP contribution is -1.99. The summed E-state index contributed by atoms with van der Waals surface area (Å²) in [4.78, 5) is 11.6. The summed E-state index contributed by atoms with van der Waals surface area (Å²) in [5.74, 6) is -0.777. The minimum absolute atomic E-state index is 0.115. The van der Waals surface area contributed by atoms with Gasteiger partial charge < -0.3 is 5.11 Å². The Hall–Kier alpha value is 0.370. The van der Waals surface area contributed by atoms with Crippen molar-refractivity contribution in [3.8, 4) is 0 Å². The van der Waals surface area contributed by atoms with Gasteiger partial charge in [0.15, 0.2) is 0 Å². The van der Waals surface area contributed by atoms with Gasteiger partial charge in [0.1, 0.15) is 0 Å². The van der Waals surface area contributed by atoms with Gasteiger partial charge in [0, 0.05) is 4.88 Å². The SMILES string of the molecule is O=C(O)Cc1cc(/C=C\I)sc1I. The highest BCUT2D eigenvalue weighted by Gasteiger charge is 2.08. The van der Waals surface area contributed by atoms with Gasteiger partial charge in [-0.25, -0.2) is 0 Å². The lowest BCUT2D eigenvalue weighted by atomic mass is 10.2. The third kappa shape index (κ3) is 3.55. The molecule has 0 atom stereocenters. The number of thiophene rings is 1. The molecule has 1 heterocycles. The van der Waals surface area contributed by atoms with E-state index in [2.05, 4.69) is 45.2 Å². The largest absolute Gasteiger partial charge is 0.481 e. The molecule has 0 unspecified atom stereocenters. The topological polar surface area (TPSA) is 37.3 Å². The maximum absolute atomic E-state index is 10.5. The Morgan fingerprint density at radius 2 is 2.38 bits per heavy atom. The standard InChI is InChI=1S/C8H6I2O2S/c9-2-1-6-3-5(4-7(11)12)8(10)13-6/h1-3H,4H2,(H,11,12)/b2-1-. The summed E-state index contributed by atoms with van der Waals surface area (Å²) < 4.78 is 2.98. The molecular formula is C8H6I2O2S. The van der Waals surface area contributed by atoms with Gasteiger partial charge >= 0.3 is 5.97 Å². The number of hydrogen-bond donors (Lipinski definition) is 1. The highest BCUT2D eigenvalue weighted by molar-refractivity contribution is 14.1. The number of carboxylic acid groups (broad SMARTS) is 1. The Labute approximate surface area is 107 Å². The van der Waals surface area contributed by atoms with Gasteiger partial charge in [-0.2, -0.15) is 0 Å². The van der Waals surface area contributed by atoms with Crippen LogP contribution in [0.2, 0.25) is 0 Å². The maximum atomic E-state index is 10.5. The molecule has 70 valence electrons. The Balaban J connectivity index is 2.89. The molecule has 1 N–H and O–H groups in total. The molecule has 0 spiro atoms. The average molecular weight is 420 g/mol. The highest BCUT2D eigenvalue weighted by atomic mass is 127. The first-order chi connectivity index (χ1) is 6.13.